The Morgan fingerprint density at radius 2 is 2.00 bits per heavy atom. The van der Waals surface area contributed by atoms with E-state index in [1.807, 2.05) is 42.5 Å². The van der Waals surface area contributed by atoms with Gasteiger partial charge in [-0.25, -0.2) is 9.67 Å². The molecular weight excluding hydrogens is 402 g/mol. The minimum atomic E-state index is -0.261. The smallest absolute Gasteiger partial charge is 0.261 e. The van der Waals surface area contributed by atoms with Crippen molar-refractivity contribution in [3.8, 4) is 11.4 Å². The number of H-pyrrole nitrogens is 1. The largest absolute Gasteiger partial charge is 0.497 e. The summed E-state index contributed by atoms with van der Waals surface area (Å²) in [6, 6.07) is 15.0. The highest BCUT2D eigenvalue weighted by atomic mass is 32.2. The molecule has 2 aromatic carbocycles. The minimum absolute atomic E-state index is 0.106. The van der Waals surface area contributed by atoms with E-state index in [0.29, 0.717) is 34.6 Å². The normalized spacial score (nSPS) is 10.8. The van der Waals surface area contributed by atoms with E-state index in [1.165, 1.54) is 12.5 Å². The molecule has 0 aliphatic heterocycles. The molecule has 4 rings (SSSR count). The first kappa shape index (κ1) is 19.7. The van der Waals surface area contributed by atoms with Crippen LogP contribution in [0.5, 0.6) is 5.75 Å². The summed E-state index contributed by atoms with van der Waals surface area (Å²) in [5.74, 6) is 1.34. The van der Waals surface area contributed by atoms with Crippen LogP contribution >= 0.6 is 11.8 Å². The predicted molar refractivity (Wildman–Crippen MR) is 116 cm³/mol. The monoisotopic (exact) mass is 421 g/mol. The molecule has 2 N–H and O–H groups in total. The van der Waals surface area contributed by atoms with Crippen molar-refractivity contribution in [1.82, 2.24) is 19.7 Å². The van der Waals surface area contributed by atoms with Gasteiger partial charge in [-0.15, -0.1) is 11.8 Å². The van der Waals surface area contributed by atoms with Crippen LogP contribution in [0, 0.1) is 0 Å². The molecule has 30 heavy (non-hydrogen) atoms. The van der Waals surface area contributed by atoms with Gasteiger partial charge in [-0.2, -0.15) is 5.10 Å². The number of carbonyl (C=O) groups excluding carboxylic acids is 1. The molecule has 0 unspecified atom stereocenters. The van der Waals surface area contributed by atoms with Crippen molar-refractivity contribution >= 4 is 34.4 Å². The second kappa shape index (κ2) is 8.83. The molecule has 2 heterocycles. The fraction of sp³-hybridized carbons (Fsp3) is 0.143. The van der Waals surface area contributed by atoms with Crippen molar-refractivity contribution in [2.24, 2.45) is 0 Å². The quantitative estimate of drug-likeness (QED) is 0.444. The standard InChI is InChI=1S/C21H19N5O3S/c1-29-14-6-8-15(9-7-14)30-11-10-19(27)25-17-4-2-3-5-18(17)26-20-16(12-24-26)21(28)23-13-22-20/h2-9,12-13H,10-11H2,1H3,(H,25,27)(H,22,23,28). The highest BCUT2D eigenvalue weighted by Crippen LogP contribution is 2.24. The number of amides is 1. The van der Waals surface area contributed by atoms with E-state index in [1.54, 1.807) is 29.6 Å². The highest BCUT2D eigenvalue weighted by molar-refractivity contribution is 7.99. The third-order valence-electron chi connectivity index (χ3n) is 4.43. The summed E-state index contributed by atoms with van der Waals surface area (Å²) in [7, 11) is 1.63. The molecule has 0 bridgehead atoms. The predicted octanol–water partition coefficient (Wildman–Crippen LogP) is 3.24. The summed E-state index contributed by atoms with van der Waals surface area (Å²) < 4.78 is 6.70. The Kier molecular flexibility index (Phi) is 5.80. The van der Waals surface area contributed by atoms with Crippen LogP contribution in [0.25, 0.3) is 16.7 Å². The fourth-order valence-corrected chi connectivity index (χ4v) is 3.79. The molecule has 2 aromatic heterocycles. The number of nitrogens with zero attached hydrogens (tertiary/aromatic N) is 3. The van der Waals surface area contributed by atoms with Gasteiger partial charge in [0.1, 0.15) is 11.1 Å². The molecule has 0 aliphatic carbocycles. The summed E-state index contributed by atoms with van der Waals surface area (Å²) in [6.07, 6.45) is 3.15. The number of nitrogens with one attached hydrogen (secondary N) is 2. The zero-order chi connectivity index (χ0) is 20.9. The van der Waals surface area contributed by atoms with Crippen molar-refractivity contribution in [3.05, 3.63) is 71.4 Å². The molecule has 9 heteroatoms. The van der Waals surface area contributed by atoms with Crippen LogP contribution in [-0.4, -0.2) is 38.5 Å². The summed E-state index contributed by atoms with van der Waals surface area (Å²) in [4.78, 5) is 32.2. The molecule has 8 nitrogen and oxygen atoms in total. The van der Waals surface area contributed by atoms with Crippen molar-refractivity contribution < 1.29 is 9.53 Å². The lowest BCUT2D eigenvalue weighted by atomic mass is 10.2. The molecule has 4 aromatic rings. The van der Waals surface area contributed by atoms with Crippen LogP contribution < -0.4 is 15.6 Å². The Balaban J connectivity index is 1.45. The fourth-order valence-electron chi connectivity index (χ4n) is 2.94. The molecule has 0 spiro atoms. The molecule has 0 radical (unpaired) electrons. The number of para-hydroxylation sites is 2. The van der Waals surface area contributed by atoms with Gasteiger partial charge < -0.3 is 15.0 Å². The van der Waals surface area contributed by atoms with E-state index in [-0.39, 0.29) is 11.5 Å². The van der Waals surface area contributed by atoms with Gasteiger partial charge >= 0.3 is 0 Å². The molecule has 1 amide bonds. The molecule has 0 saturated heterocycles. The lowest BCUT2D eigenvalue weighted by Gasteiger charge is -2.11. The third kappa shape index (κ3) is 4.20. The topological polar surface area (TPSA) is 102 Å². The number of aromatic nitrogens is 4. The number of fused-ring (bicyclic) bond motifs is 1. The minimum Gasteiger partial charge on any atom is -0.497 e. The summed E-state index contributed by atoms with van der Waals surface area (Å²) in [5, 5.41) is 7.60. The first-order valence-electron chi connectivity index (χ1n) is 9.23. The van der Waals surface area contributed by atoms with E-state index in [4.69, 9.17) is 4.74 Å². The van der Waals surface area contributed by atoms with Crippen LogP contribution in [0.4, 0.5) is 5.69 Å². The number of carbonyl (C=O) groups is 1. The number of rotatable bonds is 7. The number of benzene rings is 2. The Morgan fingerprint density at radius 3 is 2.80 bits per heavy atom. The van der Waals surface area contributed by atoms with Gasteiger partial charge in [0.15, 0.2) is 5.65 Å². The van der Waals surface area contributed by atoms with Gasteiger partial charge in [-0.3, -0.25) is 9.59 Å². The molecule has 0 aliphatic rings. The Labute approximate surface area is 176 Å². The number of aromatic amines is 1. The third-order valence-corrected chi connectivity index (χ3v) is 5.45. The Morgan fingerprint density at radius 1 is 1.20 bits per heavy atom. The lowest BCUT2D eigenvalue weighted by molar-refractivity contribution is -0.115. The average Bonchev–Trinajstić information content (AvgIpc) is 3.20. The number of methoxy groups -OCH3 is 1. The second-order valence-electron chi connectivity index (χ2n) is 6.36. The number of hydrogen-bond acceptors (Lipinski definition) is 6. The Hall–Kier alpha value is -3.59. The first-order chi connectivity index (χ1) is 14.7. The van der Waals surface area contributed by atoms with E-state index in [9.17, 15) is 9.59 Å². The summed E-state index contributed by atoms with van der Waals surface area (Å²) in [6.45, 7) is 0. The number of anilines is 1. The van der Waals surface area contributed by atoms with Crippen LogP contribution in [0.15, 0.2) is 70.7 Å². The van der Waals surface area contributed by atoms with Gasteiger partial charge in [0.2, 0.25) is 5.91 Å². The maximum atomic E-state index is 12.5. The van der Waals surface area contributed by atoms with E-state index in [2.05, 4.69) is 20.4 Å². The first-order valence-corrected chi connectivity index (χ1v) is 10.2. The van der Waals surface area contributed by atoms with Crippen LogP contribution in [0.2, 0.25) is 0 Å². The summed E-state index contributed by atoms with van der Waals surface area (Å²) >= 11 is 1.60. The summed E-state index contributed by atoms with van der Waals surface area (Å²) in [5.41, 5.74) is 1.41. The van der Waals surface area contributed by atoms with Gasteiger partial charge in [0.25, 0.3) is 5.56 Å². The van der Waals surface area contributed by atoms with Gasteiger partial charge in [-0.05, 0) is 36.4 Å². The zero-order valence-corrected chi connectivity index (χ0v) is 17.0. The van der Waals surface area contributed by atoms with Crippen molar-refractivity contribution in [3.63, 3.8) is 0 Å². The van der Waals surface area contributed by atoms with Gasteiger partial charge in [-0.1, -0.05) is 12.1 Å². The highest BCUT2D eigenvalue weighted by Gasteiger charge is 2.13. The molecular formula is C21H19N5O3S. The van der Waals surface area contributed by atoms with E-state index >= 15 is 0 Å². The zero-order valence-electron chi connectivity index (χ0n) is 16.2. The van der Waals surface area contributed by atoms with E-state index in [0.717, 1.165) is 10.6 Å². The van der Waals surface area contributed by atoms with Gasteiger partial charge in [0, 0.05) is 17.1 Å². The van der Waals surface area contributed by atoms with Crippen LogP contribution in [0.3, 0.4) is 0 Å². The van der Waals surface area contributed by atoms with Gasteiger partial charge in [0.05, 0.1) is 31.0 Å². The SMILES string of the molecule is COc1ccc(SCCC(=O)Nc2ccccc2-n2ncc3c(=O)[nH]cnc32)cc1. The molecule has 0 saturated carbocycles. The van der Waals surface area contributed by atoms with Crippen molar-refractivity contribution in [2.45, 2.75) is 11.3 Å². The van der Waals surface area contributed by atoms with Crippen molar-refractivity contribution in [2.75, 3.05) is 18.2 Å². The number of ether oxygens (including phenoxy) is 1. The molecule has 152 valence electrons. The van der Waals surface area contributed by atoms with Crippen LogP contribution in [0.1, 0.15) is 6.42 Å². The van der Waals surface area contributed by atoms with Crippen LogP contribution in [-0.2, 0) is 4.79 Å². The molecule has 0 fully saturated rings. The van der Waals surface area contributed by atoms with E-state index < -0.39 is 0 Å². The number of hydrogen-bond donors (Lipinski definition) is 2. The number of thioether (sulfide) groups is 1. The maximum absolute atomic E-state index is 12.5. The lowest BCUT2D eigenvalue weighted by Crippen LogP contribution is -2.14. The Bertz CT molecular complexity index is 1230. The molecule has 0 atom stereocenters. The second-order valence-corrected chi connectivity index (χ2v) is 7.53. The average molecular weight is 421 g/mol. The maximum Gasteiger partial charge on any atom is 0.261 e. The van der Waals surface area contributed by atoms with Crippen molar-refractivity contribution in [1.29, 1.82) is 0 Å².